The molecule has 0 aliphatic heterocycles. The number of allylic oxidation sites excluding steroid dienone is 1. The first-order valence-electron chi connectivity index (χ1n) is 2.67. The Hall–Kier alpha value is 0.820. The molecular formula is C6H11IS. The van der Waals surface area contributed by atoms with E-state index in [9.17, 15) is 0 Å². The van der Waals surface area contributed by atoms with Crippen LogP contribution in [0.4, 0.5) is 0 Å². The Bertz CT molecular complexity index is 70.9. The SMILES string of the molecule is C=C(CI)SCCC. The second-order valence-electron chi connectivity index (χ2n) is 1.52. The van der Waals surface area contributed by atoms with Crippen LogP contribution in [-0.2, 0) is 0 Å². The van der Waals surface area contributed by atoms with Gasteiger partial charge >= 0.3 is 0 Å². The van der Waals surface area contributed by atoms with Gasteiger partial charge in [0.2, 0.25) is 0 Å². The van der Waals surface area contributed by atoms with Gasteiger partial charge in [0.15, 0.2) is 0 Å². The quantitative estimate of drug-likeness (QED) is 0.539. The second-order valence-corrected chi connectivity index (χ2v) is 3.56. The van der Waals surface area contributed by atoms with Crippen molar-refractivity contribution in [2.45, 2.75) is 13.3 Å². The minimum Gasteiger partial charge on any atom is -0.130 e. The van der Waals surface area contributed by atoms with Crippen molar-refractivity contribution in [1.29, 1.82) is 0 Å². The fourth-order valence-corrected chi connectivity index (χ4v) is 1.52. The highest BCUT2D eigenvalue weighted by Crippen LogP contribution is 2.15. The lowest BCUT2D eigenvalue weighted by atomic mass is 10.6. The van der Waals surface area contributed by atoms with Crippen molar-refractivity contribution < 1.29 is 0 Å². The minimum atomic E-state index is 1.09. The molecule has 0 heterocycles. The van der Waals surface area contributed by atoms with Gasteiger partial charge < -0.3 is 0 Å². The van der Waals surface area contributed by atoms with Gasteiger partial charge in [-0.25, -0.2) is 0 Å². The van der Waals surface area contributed by atoms with Crippen LogP contribution >= 0.6 is 34.4 Å². The molecule has 0 aliphatic carbocycles. The van der Waals surface area contributed by atoms with Crippen LogP contribution in [0.5, 0.6) is 0 Å². The minimum absolute atomic E-state index is 1.09. The van der Waals surface area contributed by atoms with Crippen molar-refractivity contribution >= 4 is 34.4 Å². The van der Waals surface area contributed by atoms with Crippen molar-refractivity contribution in [2.24, 2.45) is 0 Å². The Balaban J connectivity index is 2.99. The Labute approximate surface area is 69.3 Å². The summed E-state index contributed by atoms with van der Waals surface area (Å²) in [5, 5.41) is 0. The molecule has 8 heavy (non-hydrogen) atoms. The Morgan fingerprint density at radius 2 is 2.38 bits per heavy atom. The Morgan fingerprint density at radius 1 is 1.75 bits per heavy atom. The molecule has 0 saturated carbocycles. The van der Waals surface area contributed by atoms with Gasteiger partial charge in [-0.05, 0) is 17.1 Å². The highest BCUT2D eigenvalue weighted by molar-refractivity contribution is 14.1. The molecule has 0 radical (unpaired) electrons. The molecule has 0 aromatic heterocycles. The number of halogens is 1. The molecule has 0 saturated heterocycles. The van der Waals surface area contributed by atoms with Crippen molar-refractivity contribution in [1.82, 2.24) is 0 Å². The average Bonchev–Trinajstić information content (AvgIpc) is 1.83. The average molecular weight is 242 g/mol. The number of hydrogen-bond donors (Lipinski definition) is 0. The van der Waals surface area contributed by atoms with Crippen LogP contribution in [0, 0.1) is 0 Å². The maximum atomic E-state index is 3.87. The fraction of sp³-hybridized carbons (Fsp3) is 0.667. The molecule has 2 heteroatoms. The Kier molecular flexibility index (Phi) is 6.56. The van der Waals surface area contributed by atoms with Crippen molar-refractivity contribution in [3.05, 3.63) is 11.5 Å². The van der Waals surface area contributed by atoms with Crippen molar-refractivity contribution in [3.63, 3.8) is 0 Å². The van der Waals surface area contributed by atoms with E-state index in [1.54, 1.807) is 0 Å². The molecule has 0 aliphatic rings. The van der Waals surface area contributed by atoms with Gasteiger partial charge in [-0.15, -0.1) is 11.8 Å². The normalized spacial score (nSPS) is 9.25. The third-order valence-electron chi connectivity index (χ3n) is 0.659. The molecule has 0 fully saturated rings. The van der Waals surface area contributed by atoms with Gasteiger partial charge in [0.25, 0.3) is 0 Å². The van der Waals surface area contributed by atoms with E-state index in [0.29, 0.717) is 0 Å². The third kappa shape index (κ3) is 4.97. The van der Waals surface area contributed by atoms with Crippen LogP contribution in [0.25, 0.3) is 0 Å². The summed E-state index contributed by atoms with van der Waals surface area (Å²) in [7, 11) is 0. The summed E-state index contributed by atoms with van der Waals surface area (Å²) in [6.45, 7) is 6.05. The topological polar surface area (TPSA) is 0 Å². The zero-order chi connectivity index (χ0) is 6.41. The third-order valence-corrected chi connectivity index (χ3v) is 3.26. The lowest BCUT2D eigenvalue weighted by Gasteiger charge is -1.96. The molecule has 48 valence electrons. The molecular weight excluding hydrogens is 231 g/mol. The summed E-state index contributed by atoms with van der Waals surface area (Å²) in [6, 6.07) is 0. The fourth-order valence-electron chi connectivity index (χ4n) is 0.285. The molecule has 0 nitrogen and oxygen atoms in total. The van der Waals surface area contributed by atoms with Gasteiger partial charge in [0.1, 0.15) is 0 Å². The molecule has 0 spiro atoms. The lowest BCUT2D eigenvalue weighted by Crippen LogP contribution is -1.76. The zero-order valence-electron chi connectivity index (χ0n) is 5.11. The predicted molar refractivity (Wildman–Crippen MR) is 50.8 cm³/mol. The largest absolute Gasteiger partial charge is 0.130 e. The van der Waals surface area contributed by atoms with Gasteiger partial charge in [0.05, 0.1) is 0 Å². The monoisotopic (exact) mass is 242 g/mol. The molecule has 0 aromatic carbocycles. The number of thioether (sulfide) groups is 1. The summed E-state index contributed by atoms with van der Waals surface area (Å²) < 4.78 is 1.09. The van der Waals surface area contributed by atoms with Crippen LogP contribution < -0.4 is 0 Å². The zero-order valence-corrected chi connectivity index (χ0v) is 8.09. The van der Waals surface area contributed by atoms with Gasteiger partial charge in [0, 0.05) is 4.43 Å². The van der Waals surface area contributed by atoms with E-state index in [4.69, 9.17) is 0 Å². The van der Waals surface area contributed by atoms with E-state index < -0.39 is 0 Å². The first kappa shape index (κ1) is 8.82. The smallest absolute Gasteiger partial charge is 0.0301 e. The maximum absolute atomic E-state index is 3.87. The number of rotatable bonds is 4. The second kappa shape index (κ2) is 5.95. The van der Waals surface area contributed by atoms with E-state index in [0.717, 1.165) is 4.43 Å². The van der Waals surface area contributed by atoms with Gasteiger partial charge in [-0.1, -0.05) is 36.1 Å². The van der Waals surface area contributed by atoms with Crippen LogP contribution in [0.2, 0.25) is 0 Å². The van der Waals surface area contributed by atoms with Crippen molar-refractivity contribution in [3.8, 4) is 0 Å². The molecule has 0 unspecified atom stereocenters. The summed E-state index contributed by atoms with van der Waals surface area (Å²) in [5.74, 6) is 1.22. The summed E-state index contributed by atoms with van der Waals surface area (Å²) in [4.78, 5) is 1.30. The van der Waals surface area contributed by atoms with E-state index >= 15 is 0 Å². The standard InChI is InChI=1S/C6H11IS/c1-3-4-8-6(2)5-7/h2-5H2,1H3. The van der Waals surface area contributed by atoms with Gasteiger partial charge in [-0.2, -0.15) is 0 Å². The Morgan fingerprint density at radius 3 is 2.75 bits per heavy atom. The van der Waals surface area contributed by atoms with Gasteiger partial charge in [-0.3, -0.25) is 0 Å². The highest BCUT2D eigenvalue weighted by atomic mass is 127. The first-order valence-corrected chi connectivity index (χ1v) is 5.19. The van der Waals surface area contributed by atoms with E-state index in [2.05, 4.69) is 36.1 Å². The molecule has 0 rings (SSSR count). The van der Waals surface area contributed by atoms with Crippen LogP contribution in [0.3, 0.4) is 0 Å². The van der Waals surface area contributed by atoms with Crippen LogP contribution in [0.1, 0.15) is 13.3 Å². The molecule has 0 atom stereocenters. The van der Waals surface area contributed by atoms with Crippen LogP contribution in [0.15, 0.2) is 11.5 Å². The molecule has 0 aromatic rings. The molecule has 0 N–H and O–H groups in total. The molecule has 0 bridgehead atoms. The van der Waals surface area contributed by atoms with E-state index in [1.165, 1.54) is 17.1 Å². The lowest BCUT2D eigenvalue weighted by molar-refractivity contribution is 1.11. The number of hydrogen-bond acceptors (Lipinski definition) is 1. The molecule has 0 amide bonds. The van der Waals surface area contributed by atoms with E-state index in [-0.39, 0.29) is 0 Å². The van der Waals surface area contributed by atoms with Crippen molar-refractivity contribution in [2.75, 3.05) is 10.2 Å². The number of alkyl halides is 1. The predicted octanol–water partition coefficient (Wildman–Crippen LogP) is 3.08. The summed E-state index contributed by atoms with van der Waals surface area (Å²) in [5.41, 5.74) is 0. The maximum Gasteiger partial charge on any atom is 0.0301 e. The van der Waals surface area contributed by atoms with Crippen LogP contribution in [-0.4, -0.2) is 10.2 Å². The van der Waals surface area contributed by atoms with E-state index in [1.807, 2.05) is 11.8 Å². The summed E-state index contributed by atoms with van der Waals surface area (Å²) >= 11 is 4.21. The summed E-state index contributed by atoms with van der Waals surface area (Å²) in [6.07, 6.45) is 1.25. The first-order chi connectivity index (χ1) is 3.81. The highest BCUT2D eigenvalue weighted by Gasteiger charge is 1.88.